The van der Waals surface area contributed by atoms with E-state index in [0.29, 0.717) is 24.5 Å². The normalized spacial score (nSPS) is 23.8. The fourth-order valence-corrected chi connectivity index (χ4v) is 5.14. The molecule has 2 aliphatic rings. The van der Waals surface area contributed by atoms with Crippen molar-refractivity contribution in [1.29, 1.82) is 0 Å². The Bertz CT molecular complexity index is 915. The molecule has 0 radical (unpaired) electrons. The second-order valence-corrected chi connectivity index (χ2v) is 8.94. The number of halogens is 1. The van der Waals surface area contributed by atoms with E-state index in [4.69, 9.17) is 0 Å². The van der Waals surface area contributed by atoms with E-state index in [-0.39, 0.29) is 35.6 Å². The molecule has 3 amide bonds. The molecule has 3 atom stereocenters. The van der Waals surface area contributed by atoms with Crippen molar-refractivity contribution in [2.75, 3.05) is 33.7 Å². The van der Waals surface area contributed by atoms with Gasteiger partial charge < -0.3 is 14.7 Å². The zero-order valence-electron chi connectivity index (χ0n) is 16.1. The minimum Gasteiger partial charge on any atom is -0.337 e. The summed E-state index contributed by atoms with van der Waals surface area (Å²) in [6.07, 6.45) is 1.63. The number of carbonyl (C=O) groups excluding carboxylic acids is 2. The Balaban J connectivity index is 1.62. The van der Waals surface area contributed by atoms with E-state index >= 15 is 0 Å². The first-order valence-corrected chi connectivity index (χ1v) is 10.1. The molecule has 6 nitrogen and oxygen atoms in total. The number of rotatable bonds is 2. The molecule has 148 valence electrons. The van der Waals surface area contributed by atoms with Crippen LogP contribution in [-0.2, 0) is 0 Å². The molecule has 0 unspecified atom stereocenters. The van der Waals surface area contributed by atoms with Crippen LogP contribution in [0.5, 0.6) is 0 Å². The Labute approximate surface area is 167 Å². The minimum absolute atomic E-state index is 0.0107. The van der Waals surface area contributed by atoms with Crippen LogP contribution >= 0.6 is 11.3 Å². The van der Waals surface area contributed by atoms with Crippen LogP contribution in [0.15, 0.2) is 30.5 Å². The van der Waals surface area contributed by atoms with Gasteiger partial charge in [0.1, 0.15) is 10.7 Å². The van der Waals surface area contributed by atoms with Crippen LogP contribution in [0.1, 0.15) is 26.3 Å². The van der Waals surface area contributed by atoms with Crippen molar-refractivity contribution in [3.63, 3.8) is 0 Å². The highest BCUT2D eigenvalue weighted by Crippen LogP contribution is 2.45. The molecule has 1 aromatic heterocycles. The molecular weight excluding hydrogens is 379 g/mol. The number of nitrogens with zero attached hydrogens (tertiary/aromatic N) is 4. The van der Waals surface area contributed by atoms with Crippen molar-refractivity contribution in [3.05, 3.63) is 51.7 Å². The number of hydrogen-bond acceptors (Lipinski definition) is 4. The van der Waals surface area contributed by atoms with Crippen LogP contribution in [0.4, 0.5) is 9.18 Å². The molecule has 2 fully saturated rings. The Morgan fingerprint density at radius 3 is 2.68 bits per heavy atom. The van der Waals surface area contributed by atoms with E-state index < -0.39 is 0 Å². The van der Waals surface area contributed by atoms with Crippen molar-refractivity contribution in [1.82, 2.24) is 19.7 Å². The molecular formula is C20H23FN4O2S. The summed E-state index contributed by atoms with van der Waals surface area (Å²) in [5, 5.41) is 0.864. The van der Waals surface area contributed by atoms with Crippen molar-refractivity contribution < 1.29 is 14.0 Å². The molecule has 1 aromatic carbocycles. The molecule has 2 saturated heterocycles. The highest BCUT2D eigenvalue weighted by atomic mass is 32.1. The standard InChI is InChI=1S/C20H23FN4O2S/c1-12-22-8-17(28-12)19(26)24-9-14-10-25(20(27)23(2)3)18(16(14)11-24)13-5-4-6-15(21)7-13/h4-8,14,16,18H,9-11H2,1-3H3/t14-,16-,18+/m1/s1. The van der Waals surface area contributed by atoms with Gasteiger partial charge in [-0.05, 0) is 24.6 Å². The number of benzene rings is 1. The van der Waals surface area contributed by atoms with E-state index in [9.17, 15) is 14.0 Å². The molecule has 3 heterocycles. The monoisotopic (exact) mass is 402 g/mol. The third-order valence-corrected chi connectivity index (χ3v) is 6.50. The summed E-state index contributed by atoms with van der Waals surface area (Å²) in [6.45, 7) is 3.60. The lowest BCUT2D eigenvalue weighted by molar-refractivity contribution is 0.0771. The minimum atomic E-state index is -0.315. The Morgan fingerprint density at radius 2 is 2.04 bits per heavy atom. The number of urea groups is 1. The largest absolute Gasteiger partial charge is 0.337 e. The van der Waals surface area contributed by atoms with E-state index in [1.165, 1.54) is 23.5 Å². The molecule has 2 aromatic rings. The van der Waals surface area contributed by atoms with Gasteiger partial charge in [-0.1, -0.05) is 12.1 Å². The van der Waals surface area contributed by atoms with Gasteiger partial charge in [-0.2, -0.15) is 0 Å². The fraction of sp³-hybridized carbons (Fsp3) is 0.450. The van der Waals surface area contributed by atoms with Crippen molar-refractivity contribution >= 4 is 23.3 Å². The first-order valence-electron chi connectivity index (χ1n) is 9.30. The van der Waals surface area contributed by atoms with Gasteiger partial charge in [0.05, 0.1) is 17.2 Å². The summed E-state index contributed by atoms with van der Waals surface area (Å²) < 4.78 is 13.9. The predicted octanol–water partition coefficient (Wildman–Crippen LogP) is 3.02. The van der Waals surface area contributed by atoms with Crippen molar-refractivity contribution in [2.45, 2.75) is 13.0 Å². The van der Waals surface area contributed by atoms with Gasteiger partial charge in [-0.3, -0.25) is 4.79 Å². The molecule has 0 N–H and O–H groups in total. The van der Waals surface area contributed by atoms with Gasteiger partial charge in [0, 0.05) is 45.6 Å². The summed E-state index contributed by atoms with van der Waals surface area (Å²) >= 11 is 1.40. The smallest absolute Gasteiger partial charge is 0.320 e. The second-order valence-electron chi connectivity index (χ2n) is 7.71. The van der Waals surface area contributed by atoms with Gasteiger partial charge >= 0.3 is 6.03 Å². The van der Waals surface area contributed by atoms with Crippen LogP contribution in [0.25, 0.3) is 0 Å². The Kier molecular flexibility index (Phi) is 4.82. The lowest BCUT2D eigenvalue weighted by Gasteiger charge is -2.31. The summed E-state index contributed by atoms with van der Waals surface area (Å²) in [6, 6.07) is 6.12. The highest BCUT2D eigenvalue weighted by molar-refractivity contribution is 7.13. The molecule has 4 rings (SSSR count). The van der Waals surface area contributed by atoms with Crippen molar-refractivity contribution in [2.24, 2.45) is 11.8 Å². The summed E-state index contributed by atoms with van der Waals surface area (Å²) in [5.74, 6) is -0.0634. The number of hydrogen-bond donors (Lipinski definition) is 0. The second kappa shape index (κ2) is 7.16. The van der Waals surface area contributed by atoms with Crippen LogP contribution in [0.3, 0.4) is 0 Å². The number of aromatic nitrogens is 1. The number of likely N-dealkylation sites (tertiary alicyclic amines) is 2. The first kappa shape index (κ1) is 18.9. The fourth-order valence-electron chi connectivity index (χ4n) is 4.40. The first-order chi connectivity index (χ1) is 13.3. The number of fused-ring (bicyclic) bond motifs is 1. The van der Waals surface area contributed by atoms with Crippen LogP contribution < -0.4 is 0 Å². The molecule has 2 aliphatic heterocycles. The SMILES string of the molecule is Cc1ncc(C(=O)N2C[C@@H]3CN(C(=O)N(C)C)[C@@H](c4cccc(F)c4)[C@@H]3C2)s1. The third kappa shape index (κ3) is 3.26. The summed E-state index contributed by atoms with van der Waals surface area (Å²) in [4.78, 5) is 35.7. The van der Waals surface area contributed by atoms with Gasteiger partial charge in [-0.25, -0.2) is 14.2 Å². The van der Waals surface area contributed by atoms with E-state index in [1.54, 1.807) is 31.3 Å². The maximum absolute atomic E-state index is 13.9. The maximum atomic E-state index is 13.9. The zero-order valence-corrected chi connectivity index (χ0v) is 16.9. The van der Waals surface area contributed by atoms with Crippen LogP contribution in [0.2, 0.25) is 0 Å². The lowest BCUT2D eigenvalue weighted by Crippen LogP contribution is -2.42. The molecule has 8 heteroatoms. The van der Waals surface area contributed by atoms with Gasteiger partial charge in [0.15, 0.2) is 0 Å². The van der Waals surface area contributed by atoms with E-state index in [1.807, 2.05) is 22.8 Å². The number of carbonyl (C=O) groups is 2. The van der Waals surface area contributed by atoms with Crippen molar-refractivity contribution in [3.8, 4) is 0 Å². The van der Waals surface area contributed by atoms with E-state index in [0.717, 1.165) is 10.6 Å². The average molecular weight is 402 g/mol. The third-order valence-electron chi connectivity index (χ3n) is 5.60. The van der Waals surface area contributed by atoms with Crippen LogP contribution in [0, 0.1) is 24.6 Å². The Morgan fingerprint density at radius 1 is 1.25 bits per heavy atom. The van der Waals surface area contributed by atoms with Gasteiger partial charge in [-0.15, -0.1) is 11.3 Å². The molecule has 28 heavy (non-hydrogen) atoms. The highest BCUT2D eigenvalue weighted by Gasteiger charge is 2.50. The number of aryl methyl sites for hydroxylation is 1. The quantitative estimate of drug-likeness (QED) is 0.776. The molecule has 0 spiro atoms. The number of thiazole rings is 1. The molecule has 0 saturated carbocycles. The number of amides is 3. The molecule has 0 bridgehead atoms. The predicted molar refractivity (Wildman–Crippen MR) is 105 cm³/mol. The zero-order chi connectivity index (χ0) is 20.0. The van der Waals surface area contributed by atoms with Crippen LogP contribution in [-0.4, -0.2) is 65.4 Å². The topological polar surface area (TPSA) is 56.8 Å². The van der Waals surface area contributed by atoms with Gasteiger partial charge in [0.25, 0.3) is 5.91 Å². The lowest BCUT2D eigenvalue weighted by atomic mass is 9.89. The summed E-state index contributed by atoms with van der Waals surface area (Å²) in [5.41, 5.74) is 0.783. The molecule has 0 aliphatic carbocycles. The Hall–Kier alpha value is -2.48. The maximum Gasteiger partial charge on any atom is 0.320 e. The van der Waals surface area contributed by atoms with E-state index in [2.05, 4.69) is 4.98 Å². The summed E-state index contributed by atoms with van der Waals surface area (Å²) in [7, 11) is 3.45. The average Bonchev–Trinajstić information content (AvgIpc) is 3.34. The van der Waals surface area contributed by atoms with Gasteiger partial charge in [0.2, 0.25) is 0 Å².